The van der Waals surface area contributed by atoms with E-state index in [4.69, 9.17) is 10.00 Å². The number of hydrogen-bond acceptors (Lipinski definition) is 5. The molecule has 0 radical (unpaired) electrons. The number of carbonyl (C=O) groups excluding carboxylic acids is 1. The lowest BCUT2D eigenvalue weighted by Gasteiger charge is -2.26. The molecular weight excluding hydrogens is 381 g/mol. The first kappa shape index (κ1) is 21.9. The second-order valence-corrected chi connectivity index (χ2v) is 7.98. The van der Waals surface area contributed by atoms with Crippen molar-refractivity contribution in [1.29, 1.82) is 5.26 Å². The number of rotatable bonds is 8. The summed E-state index contributed by atoms with van der Waals surface area (Å²) in [6, 6.07) is 5.60. The number of unbranched alkanes of at least 4 members (excludes halogenated alkanes) is 3. The average molecular weight is 410 g/mol. The van der Waals surface area contributed by atoms with Crippen LogP contribution in [0.25, 0.3) is 0 Å². The van der Waals surface area contributed by atoms with E-state index in [2.05, 4.69) is 16.9 Å². The minimum Gasteiger partial charge on any atom is -0.426 e. The predicted molar refractivity (Wildman–Crippen MR) is 111 cm³/mol. The molecule has 0 amide bonds. The molecule has 2 aromatic rings. The number of nitriles is 1. The summed E-state index contributed by atoms with van der Waals surface area (Å²) >= 11 is 0. The molecule has 5 nitrogen and oxygen atoms in total. The van der Waals surface area contributed by atoms with Gasteiger partial charge in [0, 0.05) is 24.4 Å². The molecule has 158 valence electrons. The molecule has 30 heavy (non-hydrogen) atoms. The van der Waals surface area contributed by atoms with Gasteiger partial charge >= 0.3 is 5.97 Å². The van der Waals surface area contributed by atoms with Crippen LogP contribution in [0, 0.1) is 23.1 Å². The predicted octanol–water partition coefficient (Wildman–Crippen LogP) is 5.49. The van der Waals surface area contributed by atoms with Crippen molar-refractivity contribution >= 4 is 5.97 Å². The Hall–Kier alpha value is -2.81. The molecule has 1 aromatic carbocycles. The fraction of sp³-hybridized carbons (Fsp3) is 0.500. The van der Waals surface area contributed by atoms with E-state index in [0.29, 0.717) is 12.8 Å². The van der Waals surface area contributed by atoms with E-state index in [1.807, 2.05) is 12.4 Å². The van der Waals surface area contributed by atoms with Crippen molar-refractivity contribution in [2.24, 2.45) is 5.92 Å². The summed E-state index contributed by atoms with van der Waals surface area (Å²) in [5.74, 6) is 0.0106. The Kier molecular flexibility index (Phi) is 7.89. The van der Waals surface area contributed by atoms with Crippen LogP contribution < -0.4 is 4.74 Å². The van der Waals surface area contributed by atoms with Gasteiger partial charge in [-0.3, -0.25) is 4.79 Å². The topological polar surface area (TPSA) is 75.9 Å². The maximum Gasteiger partial charge on any atom is 0.314 e. The van der Waals surface area contributed by atoms with Crippen molar-refractivity contribution in [3.63, 3.8) is 0 Å². The van der Waals surface area contributed by atoms with Crippen LogP contribution in [0.15, 0.2) is 30.6 Å². The Morgan fingerprint density at radius 2 is 1.90 bits per heavy atom. The quantitative estimate of drug-likeness (QED) is 0.327. The van der Waals surface area contributed by atoms with Gasteiger partial charge in [-0.25, -0.2) is 14.4 Å². The number of carbonyl (C=O) groups is 1. The molecule has 1 saturated carbocycles. The first-order valence-corrected chi connectivity index (χ1v) is 10.8. The number of ether oxygens (including phenoxy) is 1. The number of aryl methyl sites for hydroxylation is 1. The number of nitrogens with zero attached hydrogens (tertiary/aromatic N) is 3. The number of halogens is 1. The first-order valence-electron chi connectivity index (χ1n) is 10.8. The molecule has 0 unspecified atom stereocenters. The summed E-state index contributed by atoms with van der Waals surface area (Å²) in [7, 11) is 0. The van der Waals surface area contributed by atoms with Crippen LogP contribution in [0.3, 0.4) is 0 Å². The van der Waals surface area contributed by atoms with Gasteiger partial charge in [0.1, 0.15) is 23.5 Å². The standard InChI is InChI=1S/C24H28FN3O2/c1-2-3-4-5-6-17-15-27-23(28-16-17)18-7-9-19(10-8-18)24(29)30-21-12-11-20(14-26)22(25)13-21/h11-13,15-16,18-19H,2-10H2,1H3. The number of aromatic nitrogens is 2. The fourth-order valence-electron chi connectivity index (χ4n) is 3.90. The van der Waals surface area contributed by atoms with Crippen LogP contribution in [-0.4, -0.2) is 15.9 Å². The number of esters is 1. The summed E-state index contributed by atoms with van der Waals surface area (Å²) < 4.78 is 19.0. The first-order chi connectivity index (χ1) is 14.6. The van der Waals surface area contributed by atoms with Crippen molar-refractivity contribution in [2.45, 2.75) is 70.6 Å². The Bertz CT molecular complexity index is 884. The van der Waals surface area contributed by atoms with Crippen molar-refractivity contribution < 1.29 is 13.9 Å². The SMILES string of the molecule is CCCCCCc1cnc(C2CCC(C(=O)Oc3ccc(C#N)c(F)c3)CC2)nc1. The van der Waals surface area contributed by atoms with E-state index in [0.717, 1.165) is 31.2 Å². The lowest BCUT2D eigenvalue weighted by atomic mass is 9.81. The minimum atomic E-state index is -0.683. The summed E-state index contributed by atoms with van der Waals surface area (Å²) in [6.45, 7) is 2.21. The van der Waals surface area contributed by atoms with E-state index in [9.17, 15) is 9.18 Å². The largest absolute Gasteiger partial charge is 0.426 e. The monoisotopic (exact) mass is 409 g/mol. The van der Waals surface area contributed by atoms with Crippen LogP contribution in [0.5, 0.6) is 5.75 Å². The molecule has 0 spiro atoms. The van der Waals surface area contributed by atoms with Crippen LogP contribution in [-0.2, 0) is 11.2 Å². The third-order valence-electron chi connectivity index (χ3n) is 5.75. The van der Waals surface area contributed by atoms with Gasteiger partial charge in [-0.1, -0.05) is 26.2 Å². The zero-order chi connectivity index (χ0) is 21.3. The Labute approximate surface area is 177 Å². The van der Waals surface area contributed by atoms with E-state index in [1.165, 1.54) is 43.4 Å². The molecule has 0 aliphatic heterocycles. The van der Waals surface area contributed by atoms with E-state index >= 15 is 0 Å². The second-order valence-electron chi connectivity index (χ2n) is 7.98. The van der Waals surface area contributed by atoms with E-state index < -0.39 is 5.82 Å². The third-order valence-corrected chi connectivity index (χ3v) is 5.75. The highest BCUT2D eigenvalue weighted by atomic mass is 19.1. The van der Waals surface area contributed by atoms with Gasteiger partial charge in [-0.15, -0.1) is 0 Å². The van der Waals surface area contributed by atoms with Crippen molar-refractivity contribution in [1.82, 2.24) is 9.97 Å². The fourth-order valence-corrected chi connectivity index (χ4v) is 3.90. The molecule has 1 aliphatic carbocycles. The molecule has 0 atom stereocenters. The molecule has 0 saturated heterocycles. The number of hydrogen-bond donors (Lipinski definition) is 0. The number of benzene rings is 1. The molecule has 3 rings (SSSR count). The normalized spacial score (nSPS) is 18.6. The molecule has 1 fully saturated rings. The van der Waals surface area contributed by atoms with Gasteiger partial charge < -0.3 is 4.74 Å². The molecule has 0 N–H and O–H groups in total. The van der Waals surface area contributed by atoms with Crippen LogP contribution in [0.2, 0.25) is 0 Å². The van der Waals surface area contributed by atoms with E-state index in [-0.39, 0.29) is 29.1 Å². The lowest BCUT2D eigenvalue weighted by molar-refractivity contribution is -0.140. The summed E-state index contributed by atoms with van der Waals surface area (Å²) in [4.78, 5) is 21.6. The molecular formula is C24H28FN3O2. The maximum atomic E-state index is 13.7. The van der Waals surface area contributed by atoms with Crippen LogP contribution in [0.1, 0.15) is 81.2 Å². The second kappa shape index (κ2) is 10.8. The highest BCUT2D eigenvalue weighted by Gasteiger charge is 2.29. The van der Waals surface area contributed by atoms with Gasteiger partial charge in [-0.2, -0.15) is 5.26 Å². The Balaban J connectivity index is 1.47. The minimum absolute atomic E-state index is 0.0673. The Morgan fingerprint density at radius 1 is 1.17 bits per heavy atom. The molecule has 1 heterocycles. The average Bonchev–Trinajstić information content (AvgIpc) is 2.77. The van der Waals surface area contributed by atoms with E-state index in [1.54, 1.807) is 6.07 Å². The Morgan fingerprint density at radius 3 is 2.53 bits per heavy atom. The van der Waals surface area contributed by atoms with Crippen molar-refractivity contribution in [3.8, 4) is 11.8 Å². The summed E-state index contributed by atoms with van der Waals surface area (Å²) in [5.41, 5.74) is 1.11. The van der Waals surface area contributed by atoms with Crippen molar-refractivity contribution in [3.05, 3.63) is 53.4 Å². The van der Waals surface area contributed by atoms with Crippen LogP contribution >= 0.6 is 0 Å². The molecule has 1 aromatic heterocycles. The highest BCUT2D eigenvalue weighted by Crippen LogP contribution is 2.35. The summed E-state index contributed by atoms with van der Waals surface area (Å²) in [5, 5.41) is 8.78. The van der Waals surface area contributed by atoms with Gasteiger partial charge in [0.25, 0.3) is 0 Å². The highest BCUT2D eigenvalue weighted by molar-refractivity contribution is 5.75. The van der Waals surface area contributed by atoms with Gasteiger partial charge in [0.15, 0.2) is 0 Å². The van der Waals surface area contributed by atoms with Crippen molar-refractivity contribution in [2.75, 3.05) is 0 Å². The lowest BCUT2D eigenvalue weighted by Crippen LogP contribution is -2.25. The van der Waals surface area contributed by atoms with Gasteiger partial charge in [-0.05, 0) is 56.2 Å². The molecule has 1 aliphatic rings. The molecule has 6 heteroatoms. The van der Waals surface area contributed by atoms with Gasteiger partial charge in [0.2, 0.25) is 0 Å². The third kappa shape index (κ3) is 5.85. The maximum absolute atomic E-state index is 13.7. The van der Waals surface area contributed by atoms with Gasteiger partial charge in [0.05, 0.1) is 11.5 Å². The summed E-state index contributed by atoms with van der Waals surface area (Å²) in [6.07, 6.45) is 12.9. The zero-order valence-electron chi connectivity index (χ0n) is 17.4. The smallest absolute Gasteiger partial charge is 0.314 e. The zero-order valence-corrected chi connectivity index (χ0v) is 17.4. The van der Waals surface area contributed by atoms with Crippen LogP contribution in [0.4, 0.5) is 4.39 Å². The molecule has 0 bridgehead atoms.